The van der Waals surface area contributed by atoms with Gasteiger partial charge in [-0.2, -0.15) is 13.2 Å². The van der Waals surface area contributed by atoms with Crippen molar-refractivity contribution >= 4 is 46.2 Å². The number of alkyl halides is 3. The van der Waals surface area contributed by atoms with Crippen LogP contribution in [0.1, 0.15) is 17.7 Å². The number of nitrogens with one attached hydrogen (secondary N) is 1. The number of urea groups is 1. The second kappa shape index (κ2) is 9.61. The Bertz CT molecular complexity index is 1120. The zero-order chi connectivity index (χ0) is 24.6. The second-order valence-corrected chi connectivity index (χ2v) is 8.93. The van der Waals surface area contributed by atoms with Crippen molar-refractivity contribution in [3.8, 4) is 0 Å². The number of aliphatic hydroxyl groups excluding tert-OH is 2. The second-order valence-electron chi connectivity index (χ2n) is 8.11. The van der Waals surface area contributed by atoms with E-state index in [0.717, 1.165) is 23.8 Å². The van der Waals surface area contributed by atoms with Gasteiger partial charge in [0.1, 0.15) is 0 Å². The van der Waals surface area contributed by atoms with Gasteiger partial charge in [0.2, 0.25) is 0 Å². The molecular formula is C22H21Cl2F3N4O3. The Hall–Kier alpha value is -2.53. The highest BCUT2D eigenvalue weighted by Gasteiger charge is 2.33. The van der Waals surface area contributed by atoms with Crippen LogP contribution in [0.15, 0.2) is 36.5 Å². The minimum absolute atomic E-state index is 0.162. The Morgan fingerprint density at radius 2 is 1.82 bits per heavy atom. The molecule has 0 bridgehead atoms. The summed E-state index contributed by atoms with van der Waals surface area (Å²) in [6.07, 6.45) is -2.29. The molecule has 0 spiro atoms. The van der Waals surface area contributed by atoms with E-state index in [4.69, 9.17) is 23.2 Å². The number of nitrogens with zero attached hydrogens (tertiary/aromatic N) is 3. The lowest BCUT2D eigenvalue weighted by Gasteiger charge is -2.27. The summed E-state index contributed by atoms with van der Waals surface area (Å²) in [6.45, 7) is 1.20. The Balaban J connectivity index is 1.39. The van der Waals surface area contributed by atoms with Crippen LogP contribution in [0.5, 0.6) is 0 Å². The number of rotatable bonds is 3. The minimum atomic E-state index is -4.57. The van der Waals surface area contributed by atoms with E-state index in [-0.39, 0.29) is 25.3 Å². The largest absolute Gasteiger partial charge is 0.417 e. The van der Waals surface area contributed by atoms with Crippen LogP contribution in [0.2, 0.25) is 10.0 Å². The highest BCUT2D eigenvalue weighted by Crippen LogP contribution is 2.36. The average molecular weight is 517 g/mol. The Morgan fingerprint density at radius 1 is 1.12 bits per heavy atom. The van der Waals surface area contributed by atoms with Crippen molar-refractivity contribution in [1.82, 2.24) is 9.88 Å². The fourth-order valence-corrected chi connectivity index (χ4v) is 4.48. The summed E-state index contributed by atoms with van der Waals surface area (Å²) >= 11 is 12.1. The van der Waals surface area contributed by atoms with Gasteiger partial charge in [0.15, 0.2) is 0 Å². The first-order valence-corrected chi connectivity index (χ1v) is 11.2. The normalized spacial score (nSPS) is 21.0. The topological polar surface area (TPSA) is 88.9 Å². The maximum absolute atomic E-state index is 12.8. The lowest BCUT2D eigenvalue weighted by molar-refractivity contribution is -0.137. The van der Waals surface area contributed by atoms with Gasteiger partial charge in [-0.05, 0) is 36.3 Å². The molecular weight excluding hydrogens is 496 g/mol. The first kappa shape index (κ1) is 24.6. The third-order valence-corrected chi connectivity index (χ3v) is 6.38. The van der Waals surface area contributed by atoms with Crippen LogP contribution in [0.25, 0.3) is 5.57 Å². The zero-order valence-electron chi connectivity index (χ0n) is 17.7. The number of carbonyl (C=O) groups excluding carboxylic acids is 1. The highest BCUT2D eigenvalue weighted by atomic mass is 35.5. The Kier molecular flexibility index (Phi) is 6.95. The van der Waals surface area contributed by atoms with Crippen molar-refractivity contribution in [2.75, 3.05) is 36.4 Å². The van der Waals surface area contributed by atoms with E-state index in [1.54, 1.807) is 17.2 Å². The van der Waals surface area contributed by atoms with Gasteiger partial charge in [-0.15, -0.1) is 0 Å². The van der Waals surface area contributed by atoms with Crippen molar-refractivity contribution in [2.45, 2.75) is 24.8 Å². The first-order valence-electron chi connectivity index (χ1n) is 10.4. The molecule has 2 unspecified atom stereocenters. The van der Waals surface area contributed by atoms with E-state index in [9.17, 15) is 28.2 Å². The molecule has 0 aliphatic carbocycles. The molecule has 1 aromatic heterocycles. The van der Waals surface area contributed by atoms with Crippen LogP contribution in [0.3, 0.4) is 0 Å². The van der Waals surface area contributed by atoms with Crippen molar-refractivity contribution < 1.29 is 28.2 Å². The molecule has 1 saturated heterocycles. The molecule has 7 nitrogen and oxygen atoms in total. The maximum atomic E-state index is 12.8. The fraction of sp³-hybridized carbons (Fsp3) is 0.364. The van der Waals surface area contributed by atoms with Crippen LogP contribution >= 0.6 is 23.2 Å². The molecule has 2 atom stereocenters. The standard InChI is InChI=1S/C22H21Cl2F3N4O3/c23-16-7-13(1-2-15(16)22(25,26)27)29-21(34)30-5-3-12(4-6-30)20-17(24)8-14(9-28-20)31-10-18(32)19(33)11-31/h1-3,7-9,18-19,32-33H,4-6,10-11H2,(H,29,34). The molecule has 2 aliphatic heterocycles. The number of pyridine rings is 1. The van der Waals surface area contributed by atoms with Crippen LogP contribution in [0, 0.1) is 0 Å². The number of carbonyl (C=O) groups is 1. The van der Waals surface area contributed by atoms with Gasteiger partial charge in [-0.3, -0.25) is 4.98 Å². The number of halogens is 5. The first-order chi connectivity index (χ1) is 16.0. The molecule has 3 heterocycles. The maximum Gasteiger partial charge on any atom is 0.417 e. The summed E-state index contributed by atoms with van der Waals surface area (Å²) in [5.41, 5.74) is 1.33. The van der Waals surface area contributed by atoms with Crippen molar-refractivity contribution in [3.63, 3.8) is 0 Å². The molecule has 2 aliphatic rings. The van der Waals surface area contributed by atoms with E-state index in [2.05, 4.69) is 10.3 Å². The quantitative estimate of drug-likeness (QED) is 0.566. The van der Waals surface area contributed by atoms with Gasteiger partial charge in [0.05, 0.1) is 45.4 Å². The molecule has 12 heteroatoms. The molecule has 34 heavy (non-hydrogen) atoms. The number of amides is 2. The molecule has 3 N–H and O–H groups in total. The molecule has 1 fully saturated rings. The molecule has 1 aromatic carbocycles. The molecule has 182 valence electrons. The fourth-order valence-electron chi connectivity index (χ4n) is 3.91. The van der Waals surface area contributed by atoms with E-state index < -0.39 is 35.0 Å². The van der Waals surface area contributed by atoms with Gasteiger partial charge in [-0.25, -0.2) is 4.79 Å². The zero-order valence-corrected chi connectivity index (χ0v) is 19.2. The third kappa shape index (κ3) is 5.25. The predicted molar refractivity (Wildman–Crippen MR) is 123 cm³/mol. The summed E-state index contributed by atoms with van der Waals surface area (Å²) < 4.78 is 38.5. The summed E-state index contributed by atoms with van der Waals surface area (Å²) in [6, 6.07) is 4.31. The number of anilines is 2. The molecule has 2 amide bonds. The van der Waals surface area contributed by atoms with Gasteiger partial charge >= 0.3 is 12.2 Å². The van der Waals surface area contributed by atoms with E-state index in [1.807, 2.05) is 6.08 Å². The number of hydrogen-bond donors (Lipinski definition) is 3. The van der Waals surface area contributed by atoms with Gasteiger partial charge < -0.3 is 25.3 Å². The van der Waals surface area contributed by atoms with Crippen LogP contribution in [0.4, 0.5) is 29.3 Å². The summed E-state index contributed by atoms with van der Waals surface area (Å²) in [5, 5.41) is 22.0. The molecule has 2 aromatic rings. The van der Waals surface area contributed by atoms with Crippen LogP contribution < -0.4 is 10.2 Å². The summed E-state index contributed by atoms with van der Waals surface area (Å²) in [5.74, 6) is 0. The van der Waals surface area contributed by atoms with Crippen molar-refractivity contribution in [1.29, 1.82) is 0 Å². The molecule has 0 saturated carbocycles. The Labute approximate surface area is 203 Å². The predicted octanol–water partition coefficient (Wildman–Crippen LogP) is 4.27. The monoisotopic (exact) mass is 516 g/mol. The number of aliphatic hydroxyl groups is 2. The average Bonchev–Trinajstić information content (AvgIpc) is 3.11. The number of hydrogen-bond acceptors (Lipinski definition) is 5. The molecule has 4 rings (SSSR count). The summed E-state index contributed by atoms with van der Waals surface area (Å²) in [4.78, 5) is 20.3. The number of benzene rings is 1. The van der Waals surface area contributed by atoms with E-state index in [1.165, 1.54) is 4.90 Å². The summed E-state index contributed by atoms with van der Waals surface area (Å²) in [7, 11) is 0. The van der Waals surface area contributed by atoms with Crippen LogP contribution in [-0.4, -0.2) is 64.5 Å². The van der Waals surface area contributed by atoms with Crippen molar-refractivity contribution in [3.05, 3.63) is 57.8 Å². The van der Waals surface area contributed by atoms with Crippen molar-refractivity contribution in [2.24, 2.45) is 0 Å². The van der Waals surface area contributed by atoms with Crippen LogP contribution in [-0.2, 0) is 6.18 Å². The number of aromatic nitrogens is 1. The number of β-amino-alcohol motifs (C(OH)–C–C–N with tert-alkyl or cyclic N) is 2. The smallest absolute Gasteiger partial charge is 0.389 e. The molecule has 0 radical (unpaired) electrons. The van der Waals surface area contributed by atoms with Gasteiger partial charge in [0, 0.05) is 31.9 Å². The van der Waals surface area contributed by atoms with E-state index >= 15 is 0 Å². The van der Waals surface area contributed by atoms with Gasteiger partial charge in [0.25, 0.3) is 0 Å². The minimum Gasteiger partial charge on any atom is -0.389 e. The van der Waals surface area contributed by atoms with E-state index in [0.29, 0.717) is 29.4 Å². The van der Waals surface area contributed by atoms with Gasteiger partial charge in [-0.1, -0.05) is 29.3 Å². The highest BCUT2D eigenvalue weighted by molar-refractivity contribution is 6.32. The lowest BCUT2D eigenvalue weighted by atomic mass is 10.0. The Morgan fingerprint density at radius 3 is 2.38 bits per heavy atom. The lowest BCUT2D eigenvalue weighted by Crippen LogP contribution is -2.38. The third-order valence-electron chi connectivity index (χ3n) is 5.78. The SMILES string of the molecule is O=C(Nc1ccc(C(F)(F)F)c(Cl)c1)N1CC=C(c2ncc(N3CC(O)C(O)C3)cc2Cl)CC1.